The molecule has 2 saturated heterocycles. The zero-order valence-electron chi connectivity index (χ0n) is 19.2. The molecule has 10 nitrogen and oxygen atoms in total. The summed E-state index contributed by atoms with van der Waals surface area (Å²) in [5.74, 6) is 1.60. The first-order chi connectivity index (χ1) is 15.6. The number of nitrogens with zero attached hydrogens (tertiary/aromatic N) is 2. The van der Waals surface area contributed by atoms with E-state index < -0.39 is 20.2 Å². The summed E-state index contributed by atoms with van der Waals surface area (Å²) >= 11 is 0. The van der Waals surface area contributed by atoms with Crippen LogP contribution in [0.1, 0.15) is 42.9 Å². The first-order valence-electron chi connectivity index (χ1n) is 11.4. The minimum atomic E-state index is -3.83. The van der Waals surface area contributed by atoms with E-state index in [-0.39, 0.29) is 36.7 Å². The Morgan fingerprint density at radius 1 is 1.15 bits per heavy atom. The van der Waals surface area contributed by atoms with Gasteiger partial charge in [-0.15, -0.1) is 0 Å². The Morgan fingerprint density at radius 2 is 1.94 bits per heavy atom. The molecule has 2 fully saturated rings. The molecule has 4 rings (SSSR count). The normalized spacial score (nSPS) is 26.2. The quantitative estimate of drug-likeness (QED) is 0.498. The highest BCUT2D eigenvalue weighted by Crippen LogP contribution is 2.48. The molecular formula is C21H34N4O6S2. The van der Waals surface area contributed by atoms with Crippen molar-refractivity contribution in [3.63, 3.8) is 0 Å². The number of rotatable bonds is 8. The summed E-state index contributed by atoms with van der Waals surface area (Å²) in [4.78, 5) is 2.47. The molecule has 0 aliphatic carbocycles. The average molecular weight is 503 g/mol. The van der Waals surface area contributed by atoms with Crippen molar-refractivity contribution in [1.29, 1.82) is 0 Å². The minimum Gasteiger partial charge on any atom is -0.493 e. The number of fused-ring (bicyclic) bond motifs is 4. The summed E-state index contributed by atoms with van der Waals surface area (Å²) in [6.45, 7) is 2.30. The van der Waals surface area contributed by atoms with Gasteiger partial charge >= 0.3 is 0 Å². The number of nitrogens with one attached hydrogen (secondary N) is 1. The zero-order valence-corrected chi connectivity index (χ0v) is 20.8. The third-order valence-electron chi connectivity index (χ3n) is 7.16. The maximum atomic E-state index is 13.3. The number of hydrogen-bond donors (Lipinski definition) is 2. The molecule has 0 aromatic heterocycles. The van der Waals surface area contributed by atoms with E-state index in [2.05, 4.69) is 15.7 Å². The minimum absolute atomic E-state index is 0.000764. The molecule has 12 heteroatoms. The molecule has 0 amide bonds. The number of benzene rings is 1. The van der Waals surface area contributed by atoms with Crippen molar-refractivity contribution in [2.45, 2.75) is 44.2 Å². The van der Waals surface area contributed by atoms with Gasteiger partial charge in [-0.2, -0.15) is 12.7 Å². The van der Waals surface area contributed by atoms with Crippen molar-refractivity contribution < 1.29 is 26.3 Å². The second kappa shape index (κ2) is 9.67. The van der Waals surface area contributed by atoms with E-state index in [0.29, 0.717) is 18.7 Å². The summed E-state index contributed by atoms with van der Waals surface area (Å²) in [7, 11) is -4.08. The number of hydrogen-bond acceptors (Lipinski definition) is 7. The summed E-state index contributed by atoms with van der Waals surface area (Å²) in [5, 5.41) is 4.94. The second-order valence-corrected chi connectivity index (χ2v) is 12.5. The number of ether oxygens (including phenoxy) is 2. The Bertz CT molecular complexity index is 1080. The lowest BCUT2D eigenvalue weighted by atomic mass is 9.77. The monoisotopic (exact) mass is 502 g/mol. The molecule has 3 heterocycles. The molecule has 0 spiro atoms. The van der Waals surface area contributed by atoms with Gasteiger partial charge in [-0.1, -0.05) is 6.07 Å². The largest absolute Gasteiger partial charge is 0.493 e. The molecule has 1 aromatic rings. The standard InChI is InChI=1S/C21H34N4O6S2/c1-30-19-7-6-15-8-11-24-14-16-5-3-10-25(17(16)13-18(24)20(15)21(19)31-2)32(26,27)12-4-9-23-33(22,28)29/h6-7,16-18,23H,3-5,8-14H2,1-2H3,(H2,22,28,29)/t16-,17+,18-/m0/s1. The molecule has 0 radical (unpaired) electrons. The van der Waals surface area contributed by atoms with Crippen LogP contribution in [0.2, 0.25) is 0 Å². The molecule has 0 unspecified atom stereocenters. The van der Waals surface area contributed by atoms with E-state index in [9.17, 15) is 16.8 Å². The smallest absolute Gasteiger partial charge is 0.274 e. The van der Waals surface area contributed by atoms with Gasteiger partial charge in [0, 0.05) is 43.8 Å². The number of methoxy groups -OCH3 is 2. The number of piperidine rings is 2. The van der Waals surface area contributed by atoms with Crippen LogP contribution in [0.3, 0.4) is 0 Å². The summed E-state index contributed by atoms with van der Waals surface area (Å²) in [5.41, 5.74) is 2.34. The second-order valence-electron chi connectivity index (χ2n) is 9.06. The third kappa shape index (κ3) is 5.15. The fourth-order valence-electron chi connectivity index (χ4n) is 5.75. The molecule has 3 N–H and O–H groups in total. The predicted octanol–water partition coefficient (Wildman–Crippen LogP) is 0.600. The predicted molar refractivity (Wildman–Crippen MR) is 125 cm³/mol. The van der Waals surface area contributed by atoms with Gasteiger partial charge in [-0.25, -0.2) is 18.3 Å². The molecule has 3 atom stereocenters. The van der Waals surface area contributed by atoms with Crippen LogP contribution in [0.15, 0.2) is 12.1 Å². The van der Waals surface area contributed by atoms with E-state index in [0.717, 1.165) is 43.7 Å². The van der Waals surface area contributed by atoms with Crippen LogP contribution in [0.25, 0.3) is 0 Å². The lowest BCUT2D eigenvalue weighted by molar-refractivity contribution is 0.0209. The highest BCUT2D eigenvalue weighted by atomic mass is 32.2. The molecular weight excluding hydrogens is 468 g/mol. The van der Waals surface area contributed by atoms with Crippen molar-refractivity contribution in [2.75, 3.05) is 46.2 Å². The van der Waals surface area contributed by atoms with Gasteiger partial charge in [-0.3, -0.25) is 4.90 Å². The first-order valence-corrected chi connectivity index (χ1v) is 14.5. The van der Waals surface area contributed by atoms with E-state index >= 15 is 0 Å². The topological polar surface area (TPSA) is 131 Å². The molecule has 3 aliphatic heterocycles. The van der Waals surface area contributed by atoms with Crippen LogP contribution in [-0.4, -0.2) is 78.2 Å². The van der Waals surface area contributed by atoms with Crippen molar-refractivity contribution >= 4 is 20.2 Å². The van der Waals surface area contributed by atoms with Crippen molar-refractivity contribution in [3.05, 3.63) is 23.3 Å². The fourth-order valence-corrected chi connectivity index (χ4v) is 8.00. The Kier molecular flexibility index (Phi) is 7.23. The van der Waals surface area contributed by atoms with Crippen LogP contribution in [-0.2, 0) is 26.7 Å². The van der Waals surface area contributed by atoms with Crippen molar-refractivity contribution in [3.8, 4) is 11.5 Å². The highest BCUT2D eigenvalue weighted by Gasteiger charge is 2.46. The first kappa shape index (κ1) is 24.7. The highest BCUT2D eigenvalue weighted by molar-refractivity contribution is 7.89. The van der Waals surface area contributed by atoms with Gasteiger partial charge in [0.05, 0.1) is 20.0 Å². The SMILES string of the molecule is COc1ccc2c(c1OC)[C@@H]1C[C@@H]3[C@@H](CCCN3S(=O)(=O)CCCNS(N)(=O)=O)CN1CC2. The maximum absolute atomic E-state index is 13.3. The fraction of sp³-hybridized carbons (Fsp3) is 0.714. The van der Waals surface area contributed by atoms with E-state index in [4.69, 9.17) is 14.6 Å². The molecule has 186 valence electrons. The lowest BCUT2D eigenvalue weighted by Crippen LogP contribution is -2.57. The van der Waals surface area contributed by atoms with Gasteiger partial charge in [0.25, 0.3) is 10.2 Å². The average Bonchev–Trinajstić information content (AvgIpc) is 2.78. The molecule has 1 aromatic carbocycles. The van der Waals surface area contributed by atoms with Crippen molar-refractivity contribution in [1.82, 2.24) is 13.9 Å². The Morgan fingerprint density at radius 3 is 2.64 bits per heavy atom. The maximum Gasteiger partial charge on any atom is 0.274 e. The molecule has 0 saturated carbocycles. The van der Waals surface area contributed by atoms with Gasteiger partial charge in [0.2, 0.25) is 10.0 Å². The zero-order chi connectivity index (χ0) is 23.8. The van der Waals surface area contributed by atoms with Crippen LogP contribution in [0.5, 0.6) is 11.5 Å². The van der Waals surface area contributed by atoms with Crippen molar-refractivity contribution in [2.24, 2.45) is 11.1 Å². The van der Waals surface area contributed by atoms with Crippen LogP contribution in [0, 0.1) is 5.92 Å². The van der Waals surface area contributed by atoms with Gasteiger partial charge in [-0.05, 0) is 49.7 Å². The number of sulfonamides is 1. The van der Waals surface area contributed by atoms with E-state index in [1.54, 1.807) is 18.5 Å². The Balaban J connectivity index is 1.57. The van der Waals surface area contributed by atoms with Gasteiger partial charge in [0.1, 0.15) is 0 Å². The van der Waals surface area contributed by atoms with Crippen LogP contribution in [0.4, 0.5) is 0 Å². The molecule has 3 aliphatic rings. The Labute approximate surface area is 196 Å². The van der Waals surface area contributed by atoms with Gasteiger partial charge in [0.15, 0.2) is 11.5 Å². The third-order valence-corrected chi connectivity index (χ3v) is 9.74. The summed E-state index contributed by atoms with van der Waals surface area (Å²) < 4.78 is 63.8. The van der Waals surface area contributed by atoms with Crippen LogP contribution < -0.4 is 19.3 Å². The molecule has 0 bridgehead atoms. The molecule has 33 heavy (non-hydrogen) atoms. The van der Waals surface area contributed by atoms with E-state index in [1.807, 2.05) is 6.07 Å². The summed E-state index contributed by atoms with van der Waals surface area (Å²) in [6.07, 6.45) is 3.66. The van der Waals surface area contributed by atoms with Crippen LogP contribution >= 0.6 is 0 Å². The Hall–Kier alpha value is -1.44. The summed E-state index contributed by atoms with van der Waals surface area (Å²) in [6, 6.07) is 4.01. The van der Waals surface area contributed by atoms with Gasteiger partial charge < -0.3 is 9.47 Å². The van der Waals surface area contributed by atoms with E-state index in [1.165, 1.54) is 5.56 Å². The number of nitrogens with two attached hydrogens (primary N) is 1. The lowest BCUT2D eigenvalue weighted by Gasteiger charge is -2.52.